The number of amides is 1. The Balaban J connectivity index is 1.54. The summed E-state index contributed by atoms with van der Waals surface area (Å²) in [7, 11) is 0. The molecule has 1 N–H and O–H groups in total. The van der Waals surface area contributed by atoms with Gasteiger partial charge in [-0.3, -0.25) is 4.79 Å². The van der Waals surface area contributed by atoms with Crippen molar-refractivity contribution in [3.8, 4) is 10.7 Å². The van der Waals surface area contributed by atoms with Crippen LogP contribution in [0.5, 0.6) is 0 Å². The van der Waals surface area contributed by atoms with Gasteiger partial charge in [-0.2, -0.15) is 4.98 Å². The van der Waals surface area contributed by atoms with Gasteiger partial charge in [-0.05, 0) is 30.5 Å². The number of rotatable bonds is 5. The van der Waals surface area contributed by atoms with E-state index in [0.717, 1.165) is 16.1 Å². The van der Waals surface area contributed by atoms with E-state index < -0.39 is 0 Å². The van der Waals surface area contributed by atoms with E-state index in [1.54, 1.807) is 11.3 Å². The number of aromatic nitrogens is 2. The summed E-state index contributed by atoms with van der Waals surface area (Å²) < 4.78 is 5.17. The van der Waals surface area contributed by atoms with Crippen LogP contribution in [0.2, 0.25) is 0 Å². The van der Waals surface area contributed by atoms with Gasteiger partial charge in [-0.1, -0.05) is 28.9 Å². The van der Waals surface area contributed by atoms with Crippen LogP contribution in [-0.2, 0) is 11.2 Å². The maximum atomic E-state index is 11.9. The maximum absolute atomic E-state index is 11.9. The summed E-state index contributed by atoms with van der Waals surface area (Å²) >= 11 is 1.55. The third-order valence-corrected chi connectivity index (χ3v) is 3.98. The zero-order valence-electron chi connectivity index (χ0n) is 12.1. The second kappa shape index (κ2) is 6.53. The molecule has 0 atom stereocenters. The third kappa shape index (κ3) is 3.59. The predicted molar refractivity (Wildman–Crippen MR) is 85.7 cm³/mol. The molecule has 0 aliphatic rings. The van der Waals surface area contributed by atoms with Crippen LogP contribution in [0.25, 0.3) is 10.7 Å². The number of nitrogens with one attached hydrogen (secondary N) is 1. The number of hydrogen-bond donors (Lipinski definition) is 1. The van der Waals surface area contributed by atoms with E-state index in [1.165, 1.54) is 0 Å². The van der Waals surface area contributed by atoms with Gasteiger partial charge in [0.15, 0.2) is 0 Å². The number of aryl methyl sites for hydroxylation is 2. The van der Waals surface area contributed by atoms with E-state index in [-0.39, 0.29) is 5.91 Å². The van der Waals surface area contributed by atoms with E-state index >= 15 is 0 Å². The molecular formula is C16H15N3O2S. The highest BCUT2D eigenvalue weighted by Crippen LogP contribution is 2.21. The predicted octanol–water partition coefficient (Wildman–Crippen LogP) is 3.68. The molecule has 0 saturated carbocycles. The van der Waals surface area contributed by atoms with Crippen LogP contribution in [-0.4, -0.2) is 16.0 Å². The van der Waals surface area contributed by atoms with Gasteiger partial charge in [0.1, 0.15) is 0 Å². The van der Waals surface area contributed by atoms with Crippen molar-refractivity contribution in [3.63, 3.8) is 0 Å². The first kappa shape index (κ1) is 14.5. The average Bonchev–Trinajstić information content (AvgIpc) is 3.18. The van der Waals surface area contributed by atoms with Crippen LogP contribution in [0.1, 0.15) is 17.9 Å². The number of benzene rings is 1. The fraction of sp³-hybridized carbons (Fsp3) is 0.188. The molecule has 2 aromatic heterocycles. The van der Waals surface area contributed by atoms with Crippen molar-refractivity contribution in [2.75, 3.05) is 5.32 Å². The first-order valence-corrected chi connectivity index (χ1v) is 7.81. The van der Waals surface area contributed by atoms with Gasteiger partial charge in [0, 0.05) is 18.5 Å². The van der Waals surface area contributed by atoms with Crippen LogP contribution in [0.15, 0.2) is 46.3 Å². The van der Waals surface area contributed by atoms with Gasteiger partial charge in [-0.25, -0.2) is 0 Å². The lowest BCUT2D eigenvalue weighted by atomic mass is 10.2. The number of thiophene rings is 1. The Morgan fingerprint density at radius 3 is 2.82 bits per heavy atom. The quantitative estimate of drug-likeness (QED) is 0.780. The van der Waals surface area contributed by atoms with Crippen molar-refractivity contribution in [3.05, 3.63) is 53.2 Å². The van der Waals surface area contributed by atoms with Crippen LogP contribution in [0.3, 0.4) is 0 Å². The Morgan fingerprint density at radius 1 is 1.27 bits per heavy atom. The second-order valence-corrected chi connectivity index (χ2v) is 5.85. The van der Waals surface area contributed by atoms with Crippen molar-refractivity contribution in [2.45, 2.75) is 19.8 Å². The van der Waals surface area contributed by atoms with Crippen LogP contribution in [0.4, 0.5) is 5.69 Å². The Bertz CT molecular complexity index is 748. The molecule has 0 unspecified atom stereocenters. The molecule has 0 fully saturated rings. The molecule has 2 heterocycles. The Hall–Kier alpha value is -2.47. The van der Waals surface area contributed by atoms with Gasteiger partial charge in [-0.15, -0.1) is 11.3 Å². The van der Waals surface area contributed by atoms with Crippen molar-refractivity contribution >= 4 is 22.9 Å². The summed E-state index contributed by atoms with van der Waals surface area (Å²) in [5.74, 6) is 0.978. The molecule has 1 amide bonds. The van der Waals surface area contributed by atoms with Crippen LogP contribution in [0, 0.1) is 6.92 Å². The fourth-order valence-corrected chi connectivity index (χ4v) is 2.59. The third-order valence-electron chi connectivity index (χ3n) is 3.11. The minimum absolute atomic E-state index is 0.0697. The molecule has 0 bridgehead atoms. The van der Waals surface area contributed by atoms with Crippen molar-refractivity contribution < 1.29 is 9.32 Å². The summed E-state index contributed by atoms with van der Waals surface area (Å²) in [4.78, 5) is 17.2. The van der Waals surface area contributed by atoms with Crippen LogP contribution < -0.4 is 5.32 Å². The first-order valence-electron chi connectivity index (χ1n) is 6.94. The molecule has 0 aliphatic heterocycles. The molecule has 3 rings (SSSR count). The van der Waals surface area contributed by atoms with E-state index in [0.29, 0.717) is 24.6 Å². The van der Waals surface area contributed by atoms with E-state index in [1.807, 2.05) is 48.7 Å². The molecule has 0 saturated heterocycles. The minimum atomic E-state index is -0.0697. The van der Waals surface area contributed by atoms with Crippen molar-refractivity contribution in [2.24, 2.45) is 0 Å². The number of carbonyl (C=O) groups is 1. The molecule has 1 aromatic carbocycles. The summed E-state index contributed by atoms with van der Waals surface area (Å²) in [5.41, 5.74) is 1.95. The Kier molecular flexibility index (Phi) is 4.29. The normalized spacial score (nSPS) is 10.6. The largest absolute Gasteiger partial charge is 0.339 e. The zero-order valence-corrected chi connectivity index (χ0v) is 12.9. The van der Waals surface area contributed by atoms with Crippen LogP contribution >= 0.6 is 11.3 Å². The fourth-order valence-electron chi connectivity index (χ4n) is 1.94. The Morgan fingerprint density at radius 2 is 2.09 bits per heavy atom. The smallest absolute Gasteiger partial charge is 0.227 e. The number of nitrogens with zero attached hydrogens (tertiary/aromatic N) is 2. The number of carbonyl (C=O) groups excluding carboxylic acids is 1. The van der Waals surface area contributed by atoms with E-state index in [9.17, 15) is 4.79 Å². The number of hydrogen-bond acceptors (Lipinski definition) is 5. The zero-order chi connectivity index (χ0) is 15.4. The molecular weight excluding hydrogens is 298 g/mol. The van der Waals surface area contributed by atoms with Gasteiger partial charge in [0.05, 0.1) is 4.88 Å². The highest BCUT2D eigenvalue weighted by molar-refractivity contribution is 7.13. The van der Waals surface area contributed by atoms with Gasteiger partial charge in [0.25, 0.3) is 0 Å². The van der Waals surface area contributed by atoms with E-state index in [4.69, 9.17) is 4.52 Å². The first-order chi connectivity index (χ1) is 10.7. The molecule has 112 valence electrons. The summed E-state index contributed by atoms with van der Waals surface area (Å²) in [5, 5.41) is 8.73. The summed E-state index contributed by atoms with van der Waals surface area (Å²) in [6, 6.07) is 11.6. The Labute approximate surface area is 132 Å². The van der Waals surface area contributed by atoms with Gasteiger partial charge in [0.2, 0.25) is 17.6 Å². The molecule has 6 heteroatoms. The molecule has 0 spiro atoms. The number of anilines is 1. The lowest BCUT2D eigenvalue weighted by molar-refractivity contribution is -0.116. The minimum Gasteiger partial charge on any atom is -0.339 e. The van der Waals surface area contributed by atoms with E-state index in [2.05, 4.69) is 15.5 Å². The van der Waals surface area contributed by atoms with Gasteiger partial charge < -0.3 is 9.84 Å². The van der Waals surface area contributed by atoms with Gasteiger partial charge >= 0.3 is 0 Å². The molecule has 22 heavy (non-hydrogen) atoms. The lowest BCUT2D eigenvalue weighted by Crippen LogP contribution is -2.12. The highest BCUT2D eigenvalue weighted by atomic mass is 32.1. The van der Waals surface area contributed by atoms with Crippen molar-refractivity contribution in [1.82, 2.24) is 10.1 Å². The topological polar surface area (TPSA) is 68.0 Å². The molecule has 0 radical (unpaired) electrons. The molecule has 0 aliphatic carbocycles. The summed E-state index contributed by atoms with van der Waals surface area (Å²) in [6.45, 7) is 2.01. The SMILES string of the molecule is Cc1ccc(NC(=O)CCc2nc(-c3cccs3)no2)cc1. The summed E-state index contributed by atoms with van der Waals surface area (Å²) in [6.07, 6.45) is 0.732. The monoisotopic (exact) mass is 313 g/mol. The molecule has 5 nitrogen and oxygen atoms in total. The standard InChI is InChI=1S/C16H15N3O2S/c1-11-4-6-12(7-5-11)17-14(20)8-9-15-18-16(19-21-15)13-3-2-10-22-13/h2-7,10H,8-9H2,1H3,(H,17,20). The highest BCUT2D eigenvalue weighted by Gasteiger charge is 2.11. The lowest BCUT2D eigenvalue weighted by Gasteiger charge is -2.04. The second-order valence-electron chi connectivity index (χ2n) is 4.90. The van der Waals surface area contributed by atoms with Crippen molar-refractivity contribution in [1.29, 1.82) is 0 Å². The maximum Gasteiger partial charge on any atom is 0.227 e. The average molecular weight is 313 g/mol. The molecule has 3 aromatic rings.